The quantitative estimate of drug-likeness (QED) is 0.172. The Morgan fingerprint density at radius 1 is 1.23 bits per heavy atom. The fraction of sp³-hybridized carbons (Fsp3) is 0.333. The highest BCUT2D eigenvalue weighted by Crippen LogP contribution is 2.21. The van der Waals surface area contributed by atoms with Crippen molar-refractivity contribution in [1.29, 1.82) is 5.26 Å². The number of aliphatic imine (C=N–C) groups is 1. The SMILES string of the molecule is CN=C(NCCCc1nn(-c2ccccc2)c(N)c1C#N)NCCc1csc(C)n1.I. The van der Waals surface area contributed by atoms with Crippen molar-refractivity contribution < 1.29 is 0 Å². The van der Waals surface area contributed by atoms with Crippen LogP contribution < -0.4 is 16.4 Å². The zero-order chi connectivity index (χ0) is 21.3. The molecule has 0 spiro atoms. The minimum Gasteiger partial charge on any atom is -0.382 e. The van der Waals surface area contributed by atoms with E-state index in [0.717, 1.165) is 41.7 Å². The summed E-state index contributed by atoms with van der Waals surface area (Å²) in [5.41, 5.74) is 9.25. The number of nitrogens with two attached hydrogens (primary N) is 1. The molecule has 164 valence electrons. The summed E-state index contributed by atoms with van der Waals surface area (Å²) in [6.45, 7) is 3.48. The first-order chi connectivity index (χ1) is 14.6. The lowest BCUT2D eigenvalue weighted by atomic mass is 10.1. The Hall–Kier alpha value is -2.65. The van der Waals surface area contributed by atoms with Gasteiger partial charge in [0.2, 0.25) is 0 Å². The van der Waals surface area contributed by atoms with Gasteiger partial charge in [0, 0.05) is 31.9 Å². The second kappa shape index (κ2) is 12.3. The molecule has 0 fully saturated rings. The smallest absolute Gasteiger partial charge is 0.190 e. The molecule has 8 nitrogen and oxygen atoms in total. The number of benzene rings is 1. The maximum absolute atomic E-state index is 9.50. The Bertz CT molecular complexity index is 1040. The number of anilines is 1. The highest BCUT2D eigenvalue weighted by molar-refractivity contribution is 14.0. The molecule has 0 unspecified atom stereocenters. The summed E-state index contributed by atoms with van der Waals surface area (Å²) < 4.78 is 1.63. The van der Waals surface area contributed by atoms with Crippen LogP contribution in [0.4, 0.5) is 5.82 Å². The van der Waals surface area contributed by atoms with Crippen LogP contribution in [0.5, 0.6) is 0 Å². The Labute approximate surface area is 203 Å². The summed E-state index contributed by atoms with van der Waals surface area (Å²) >= 11 is 1.66. The van der Waals surface area contributed by atoms with Crippen molar-refractivity contribution in [2.75, 3.05) is 25.9 Å². The standard InChI is InChI=1S/C21H26N8S.HI/c1-15-27-16(14-30-15)10-12-26-21(24-2)25-11-6-9-19-18(13-22)20(23)29(28-19)17-7-4-3-5-8-17;/h3-5,7-8,14H,6,9-12,23H2,1-2H3,(H2,24,25,26);1H. The van der Waals surface area contributed by atoms with Crippen LogP contribution in [0.3, 0.4) is 0 Å². The number of thiazole rings is 1. The van der Waals surface area contributed by atoms with Crippen molar-refractivity contribution in [2.24, 2.45) is 4.99 Å². The molecule has 0 aliphatic heterocycles. The van der Waals surface area contributed by atoms with Gasteiger partial charge >= 0.3 is 0 Å². The van der Waals surface area contributed by atoms with Crippen LogP contribution in [0.15, 0.2) is 40.7 Å². The van der Waals surface area contributed by atoms with Crippen LogP contribution in [0.2, 0.25) is 0 Å². The molecule has 1 aromatic carbocycles. The van der Waals surface area contributed by atoms with Gasteiger partial charge in [-0.3, -0.25) is 4.99 Å². The molecule has 3 aromatic rings. The number of nitrogen functional groups attached to an aromatic ring is 1. The van der Waals surface area contributed by atoms with Crippen molar-refractivity contribution in [3.05, 3.63) is 57.7 Å². The topological polar surface area (TPSA) is 117 Å². The lowest BCUT2D eigenvalue weighted by Crippen LogP contribution is -2.38. The van der Waals surface area contributed by atoms with Crippen LogP contribution >= 0.6 is 35.3 Å². The van der Waals surface area contributed by atoms with Gasteiger partial charge in [-0.2, -0.15) is 10.4 Å². The molecular formula is C21H27IN8S. The van der Waals surface area contributed by atoms with E-state index in [-0.39, 0.29) is 24.0 Å². The van der Waals surface area contributed by atoms with E-state index >= 15 is 0 Å². The van der Waals surface area contributed by atoms with Gasteiger partial charge in [0.15, 0.2) is 5.96 Å². The van der Waals surface area contributed by atoms with Crippen LogP contribution in [-0.2, 0) is 12.8 Å². The number of aryl methyl sites for hydroxylation is 2. The van der Waals surface area contributed by atoms with E-state index in [2.05, 4.69) is 37.2 Å². The summed E-state index contributed by atoms with van der Waals surface area (Å²) in [7, 11) is 1.75. The molecule has 0 aliphatic rings. The Morgan fingerprint density at radius 2 is 1.97 bits per heavy atom. The van der Waals surface area contributed by atoms with Crippen molar-refractivity contribution >= 4 is 47.1 Å². The predicted octanol–water partition coefficient (Wildman–Crippen LogP) is 3.05. The average molecular weight is 550 g/mol. The first kappa shape index (κ1) is 24.6. The molecule has 2 heterocycles. The fourth-order valence-corrected chi connectivity index (χ4v) is 3.70. The summed E-state index contributed by atoms with van der Waals surface area (Å²) in [4.78, 5) is 8.71. The molecular weight excluding hydrogens is 523 g/mol. The third kappa shape index (κ3) is 6.67. The summed E-state index contributed by atoms with van der Waals surface area (Å²) in [6.07, 6.45) is 2.30. The highest BCUT2D eigenvalue weighted by atomic mass is 127. The maximum Gasteiger partial charge on any atom is 0.190 e. The Morgan fingerprint density at radius 3 is 2.61 bits per heavy atom. The van der Waals surface area contributed by atoms with E-state index in [1.165, 1.54) is 0 Å². The van der Waals surface area contributed by atoms with Gasteiger partial charge in [0.25, 0.3) is 0 Å². The van der Waals surface area contributed by atoms with E-state index in [9.17, 15) is 5.26 Å². The molecule has 3 rings (SSSR count). The number of rotatable bonds is 8. The molecule has 0 saturated carbocycles. The first-order valence-corrected chi connectivity index (χ1v) is 10.7. The Balaban J connectivity index is 0.00000341. The van der Waals surface area contributed by atoms with E-state index in [0.29, 0.717) is 30.0 Å². The molecule has 31 heavy (non-hydrogen) atoms. The van der Waals surface area contributed by atoms with Crippen molar-refractivity contribution in [1.82, 2.24) is 25.4 Å². The number of guanidine groups is 1. The number of aromatic nitrogens is 3. The molecule has 4 N–H and O–H groups in total. The zero-order valence-electron chi connectivity index (χ0n) is 17.6. The van der Waals surface area contributed by atoms with Gasteiger partial charge in [-0.1, -0.05) is 18.2 Å². The lowest BCUT2D eigenvalue weighted by Gasteiger charge is -2.11. The number of hydrogen-bond donors (Lipinski definition) is 3. The highest BCUT2D eigenvalue weighted by Gasteiger charge is 2.16. The number of nitrogens with zero attached hydrogens (tertiary/aromatic N) is 5. The first-order valence-electron chi connectivity index (χ1n) is 9.80. The molecule has 0 atom stereocenters. The largest absolute Gasteiger partial charge is 0.382 e. The predicted molar refractivity (Wildman–Crippen MR) is 136 cm³/mol. The molecule has 0 amide bonds. The molecule has 0 aliphatic carbocycles. The second-order valence-corrected chi connectivity index (χ2v) is 7.77. The third-order valence-electron chi connectivity index (χ3n) is 4.55. The van der Waals surface area contributed by atoms with Gasteiger partial charge < -0.3 is 16.4 Å². The van der Waals surface area contributed by atoms with Gasteiger partial charge in [0.1, 0.15) is 17.5 Å². The molecule has 0 radical (unpaired) electrons. The third-order valence-corrected chi connectivity index (χ3v) is 5.38. The van der Waals surface area contributed by atoms with Gasteiger partial charge in [0.05, 0.1) is 22.1 Å². The van der Waals surface area contributed by atoms with E-state index in [1.807, 2.05) is 37.3 Å². The summed E-state index contributed by atoms with van der Waals surface area (Å²) in [5.74, 6) is 1.12. The van der Waals surface area contributed by atoms with Crippen LogP contribution in [0.25, 0.3) is 5.69 Å². The second-order valence-electron chi connectivity index (χ2n) is 6.70. The minimum atomic E-state index is 0. The summed E-state index contributed by atoms with van der Waals surface area (Å²) in [6, 6.07) is 11.8. The molecule has 0 bridgehead atoms. The van der Waals surface area contributed by atoms with E-state index < -0.39 is 0 Å². The zero-order valence-corrected chi connectivity index (χ0v) is 20.8. The van der Waals surface area contributed by atoms with Crippen LogP contribution in [-0.4, -0.2) is 40.9 Å². The molecule has 0 saturated heterocycles. The number of nitriles is 1. The average Bonchev–Trinajstić information content (AvgIpc) is 3.32. The maximum atomic E-state index is 9.50. The number of halogens is 1. The Kier molecular flexibility index (Phi) is 9.74. The fourth-order valence-electron chi connectivity index (χ4n) is 3.06. The monoisotopic (exact) mass is 550 g/mol. The van der Waals surface area contributed by atoms with Gasteiger partial charge in [-0.15, -0.1) is 35.3 Å². The normalized spacial score (nSPS) is 10.9. The molecule has 10 heteroatoms. The van der Waals surface area contributed by atoms with E-state index in [1.54, 1.807) is 23.1 Å². The number of hydrogen-bond acceptors (Lipinski definition) is 6. The van der Waals surface area contributed by atoms with E-state index in [4.69, 9.17) is 5.73 Å². The number of para-hydroxylation sites is 1. The number of nitrogens with one attached hydrogen (secondary N) is 2. The van der Waals surface area contributed by atoms with Crippen molar-refractivity contribution in [2.45, 2.75) is 26.2 Å². The summed E-state index contributed by atoms with van der Waals surface area (Å²) in [5, 5.41) is 23.8. The minimum absolute atomic E-state index is 0. The lowest BCUT2D eigenvalue weighted by molar-refractivity contribution is 0.719. The van der Waals surface area contributed by atoms with Crippen LogP contribution in [0, 0.1) is 18.3 Å². The van der Waals surface area contributed by atoms with Crippen molar-refractivity contribution in [3.63, 3.8) is 0 Å². The van der Waals surface area contributed by atoms with Gasteiger partial charge in [-0.05, 0) is 31.9 Å². The van der Waals surface area contributed by atoms with Crippen LogP contribution in [0.1, 0.15) is 28.4 Å². The van der Waals surface area contributed by atoms with Gasteiger partial charge in [-0.25, -0.2) is 9.67 Å². The molecule has 2 aromatic heterocycles. The van der Waals surface area contributed by atoms with Crippen molar-refractivity contribution in [3.8, 4) is 11.8 Å².